The molecule has 0 bridgehead atoms. The number of carbonyl (C=O) groups is 1. The van der Waals surface area contributed by atoms with Crippen molar-refractivity contribution in [3.63, 3.8) is 0 Å². The second kappa shape index (κ2) is 6.97. The van der Waals surface area contributed by atoms with E-state index in [2.05, 4.69) is 22.5 Å². The highest BCUT2D eigenvalue weighted by Gasteiger charge is 2.21. The summed E-state index contributed by atoms with van der Waals surface area (Å²) < 4.78 is 1.67. The fourth-order valence-corrected chi connectivity index (χ4v) is 2.50. The largest absolute Gasteiger partial charge is 0.349 e. The normalized spacial score (nSPS) is 12.2. The number of nitrogens with zero attached hydrogens (tertiary/aromatic N) is 2. The van der Waals surface area contributed by atoms with E-state index in [0.29, 0.717) is 23.0 Å². The first-order valence-electron chi connectivity index (χ1n) is 7.51. The average Bonchev–Trinajstić information content (AvgIpc) is 2.75. The molecular formula is C17H22ClN3O. The first-order chi connectivity index (χ1) is 10.4. The van der Waals surface area contributed by atoms with E-state index < -0.39 is 0 Å². The number of aromatic nitrogens is 2. The molecule has 0 fully saturated rings. The molecule has 118 valence electrons. The van der Waals surface area contributed by atoms with E-state index in [4.69, 9.17) is 11.6 Å². The summed E-state index contributed by atoms with van der Waals surface area (Å²) in [5.41, 5.74) is 3.43. The molecule has 5 heteroatoms. The minimum atomic E-state index is -0.160. The lowest BCUT2D eigenvalue weighted by Gasteiger charge is -2.11. The molecule has 0 aliphatic rings. The van der Waals surface area contributed by atoms with Crippen LogP contribution < -0.4 is 5.32 Å². The summed E-state index contributed by atoms with van der Waals surface area (Å²) in [6.45, 7) is 8.41. The molecule has 0 saturated heterocycles. The van der Waals surface area contributed by atoms with Gasteiger partial charge in [-0.15, -0.1) is 0 Å². The van der Waals surface area contributed by atoms with E-state index >= 15 is 0 Å². The van der Waals surface area contributed by atoms with Crippen LogP contribution in [-0.4, -0.2) is 21.7 Å². The van der Waals surface area contributed by atoms with Gasteiger partial charge in [0, 0.05) is 6.04 Å². The lowest BCUT2D eigenvalue weighted by molar-refractivity contribution is 0.0939. The topological polar surface area (TPSA) is 46.9 Å². The van der Waals surface area contributed by atoms with Crippen LogP contribution in [0.1, 0.15) is 47.4 Å². The van der Waals surface area contributed by atoms with Crippen LogP contribution in [0, 0.1) is 13.8 Å². The zero-order valence-corrected chi connectivity index (χ0v) is 14.2. The van der Waals surface area contributed by atoms with Gasteiger partial charge in [-0.2, -0.15) is 5.10 Å². The van der Waals surface area contributed by atoms with E-state index in [1.807, 2.05) is 39.8 Å². The second-order valence-corrected chi connectivity index (χ2v) is 6.04. The highest BCUT2D eigenvalue weighted by Crippen LogP contribution is 2.21. The second-order valence-electron chi connectivity index (χ2n) is 5.68. The number of amides is 1. The highest BCUT2D eigenvalue weighted by atomic mass is 35.5. The standard InChI is InChI=1S/C17H22ClN3O/c1-5-12(3)19-17(22)15-13(4)20-21(16(15)18)10-14-8-6-11(2)7-9-14/h6-9,12H,5,10H2,1-4H3,(H,19,22). The van der Waals surface area contributed by atoms with E-state index in [-0.39, 0.29) is 11.9 Å². The number of rotatable bonds is 5. The van der Waals surface area contributed by atoms with Crippen LogP contribution in [0.15, 0.2) is 24.3 Å². The summed E-state index contributed by atoms with van der Waals surface area (Å²) in [7, 11) is 0. The summed E-state index contributed by atoms with van der Waals surface area (Å²) >= 11 is 6.37. The predicted octanol–water partition coefficient (Wildman–Crippen LogP) is 3.73. The Morgan fingerprint density at radius 2 is 1.95 bits per heavy atom. The molecule has 1 amide bonds. The number of hydrogen-bond acceptors (Lipinski definition) is 2. The first-order valence-corrected chi connectivity index (χ1v) is 7.89. The fourth-order valence-electron chi connectivity index (χ4n) is 2.18. The lowest BCUT2D eigenvalue weighted by Crippen LogP contribution is -2.32. The molecule has 0 aliphatic carbocycles. The van der Waals surface area contributed by atoms with Gasteiger partial charge in [-0.25, -0.2) is 4.68 Å². The van der Waals surface area contributed by atoms with E-state index in [1.165, 1.54) is 5.56 Å². The predicted molar refractivity (Wildman–Crippen MR) is 89.5 cm³/mol. The van der Waals surface area contributed by atoms with Crippen LogP contribution in [0.3, 0.4) is 0 Å². The van der Waals surface area contributed by atoms with E-state index in [9.17, 15) is 4.79 Å². The van der Waals surface area contributed by atoms with Gasteiger partial charge in [-0.05, 0) is 32.8 Å². The third-order valence-corrected chi connectivity index (χ3v) is 4.12. The van der Waals surface area contributed by atoms with Gasteiger partial charge in [0.1, 0.15) is 5.15 Å². The van der Waals surface area contributed by atoms with Gasteiger partial charge in [0.2, 0.25) is 0 Å². The van der Waals surface area contributed by atoms with Crippen LogP contribution in [0.5, 0.6) is 0 Å². The van der Waals surface area contributed by atoms with Gasteiger partial charge in [-0.1, -0.05) is 48.4 Å². The quantitative estimate of drug-likeness (QED) is 0.912. The Hall–Kier alpha value is -1.81. The minimum Gasteiger partial charge on any atom is -0.349 e. The Balaban J connectivity index is 2.23. The molecule has 1 aromatic carbocycles. The van der Waals surface area contributed by atoms with Crippen LogP contribution in [0.2, 0.25) is 5.15 Å². The monoisotopic (exact) mass is 319 g/mol. The van der Waals surface area contributed by atoms with Gasteiger partial charge >= 0.3 is 0 Å². The van der Waals surface area contributed by atoms with E-state index in [1.54, 1.807) is 4.68 Å². The first kappa shape index (κ1) is 16.6. The van der Waals surface area contributed by atoms with Gasteiger partial charge in [0.05, 0.1) is 17.8 Å². The molecule has 0 radical (unpaired) electrons. The van der Waals surface area contributed by atoms with Crippen LogP contribution in [0.4, 0.5) is 0 Å². The van der Waals surface area contributed by atoms with Crippen LogP contribution >= 0.6 is 11.6 Å². The highest BCUT2D eigenvalue weighted by molar-refractivity contribution is 6.33. The molecule has 0 spiro atoms. The molecule has 1 heterocycles. The van der Waals surface area contributed by atoms with Gasteiger partial charge in [0.15, 0.2) is 0 Å². The number of nitrogens with one attached hydrogen (secondary N) is 1. The van der Waals surface area contributed by atoms with Crippen LogP contribution in [-0.2, 0) is 6.54 Å². The lowest BCUT2D eigenvalue weighted by atomic mass is 10.1. The SMILES string of the molecule is CCC(C)NC(=O)c1c(C)nn(Cc2ccc(C)cc2)c1Cl. The maximum atomic E-state index is 12.3. The Labute approximate surface area is 136 Å². The fraction of sp³-hybridized carbons (Fsp3) is 0.412. The zero-order valence-electron chi connectivity index (χ0n) is 13.5. The van der Waals surface area contributed by atoms with Crippen molar-refractivity contribution in [2.75, 3.05) is 0 Å². The molecule has 1 N–H and O–H groups in total. The number of benzene rings is 1. The number of carbonyl (C=O) groups excluding carboxylic acids is 1. The van der Waals surface area contributed by atoms with Crippen molar-refractivity contribution >= 4 is 17.5 Å². The van der Waals surface area contributed by atoms with Crippen molar-refractivity contribution in [3.05, 3.63) is 51.8 Å². The molecule has 1 atom stereocenters. The minimum absolute atomic E-state index is 0.114. The van der Waals surface area contributed by atoms with Crippen molar-refractivity contribution in [1.82, 2.24) is 15.1 Å². The summed E-state index contributed by atoms with van der Waals surface area (Å²) in [6, 6.07) is 8.30. The molecule has 1 aromatic heterocycles. The van der Waals surface area contributed by atoms with Gasteiger partial charge in [0.25, 0.3) is 5.91 Å². The molecule has 1 unspecified atom stereocenters. The van der Waals surface area contributed by atoms with Crippen molar-refractivity contribution in [2.45, 2.75) is 46.7 Å². The molecule has 22 heavy (non-hydrogen) atoms. The molecule has 2 aromatic rings. The van der Waals surface area contributed by atoms with Crippen molar-refractivity contribution in [1.29, 1.82) is 0 Å². The Kier molecular flexibility index (Phi) is 5.24. The smallest absolute Gasteiger partial charge is 0.256 e. The molecule has 0 aliphatic heterocycles. The zero-order chi connectivity index (χ0) is 16.3. The molecule has 4 nitrogen and oxygen atoms in total. The van der Waals surface area contributed by atoms with Crippen LogP contribution in [0.25, 0.3) is 0 Å². The Bertz CT molecular complexity index is 661. The molecular weight excluding hydrogens is 298 g/mol. The number of halogens is 1. The van der Waals surface area contributed by atoms with Crippen molar-refractivity contribution in [2.24, 2.45) is 0 Å². The summed E-state index contributed by atoms with van der Waals surface area (Å²) in [5, 5.41) is 7.73. The summed E-state index contributed by atoms with van der Waals surface area (Å²) in [4.78, 5) is 12.3. The van der Waals surface area contributed by atoms with Gasteiger partial charge < -0.3 is 5.32 Å². The van der Waals surface area contributed by atoms with Gasteiger partial charge in [-0.3, -0.25) is 4.79 Å². The molecule has 2 rings (SSSR count). The molecule has 0 saturated carbocycles. The van der Waals surface area contributed by atoms with Crippen molar-refractivity contribution < 1.29 is 4.79 Å². The maximum Gasteiger partial charge on any atom is 0.256 e. The third-order valence-electron chi connectivity index (χ3n) is 3.74. The summed E-state index contributed by atoms with van der Waals surface area (Å²) in [5.74, 6) is -0.160. The average molecular weight is 320 g/mol. The number of aryl methyl sites for hydroxylation is 2. The third kappa shape index (κ3) is 3.69. The Morgan fingerprint density at radius 1 is 1.32 bits per heavy atom. The van der Waals surface area contributed by atoms with E-state index in [0.717, 1.165) is 12.0 Å². The summed E-state index contributed by atoms with van der Waals surface area (Å²) in [6.07, 6.45) is 0.875. The van der Waals surface area contributed by atoms with Crippen molar-refractivity contribution in [3.8, 4) is 0 Å². The Morgan fingerprint density at radius 3 is 2.55 bits per heavy atom. The number of hydrogen-bond donors (Lipinski definition) is 1. The maximum absolute atomic E-state index is 12.3.